The van der Waals surface area contributed by atoms with Crippen molar-refractivity contribution in [2.24, 2.45) is 0 Å². The molecule has 27 heavy (non-hydrogen) atoms. The molecule has 1 aromatic heterocycles. The number of carbonyl (C=O) groups is 1. The molecule has 1 atom stereocenters. The average Bonchev–Trinajstić information content (AvgIpc) is 2.60. The topological polar surface area (TPSA) is 67.2 Å². The number of nitrogens with zero attached hydrogens (tertiary/aromatic N) is 3. The number of aromatic nitrogens is 2. The number of alkyl halides is 3. The summed E-state index contributed by atoms with van der Waals surface area (Å²) in [6.07, 6.45) is -4.59. The van der Waals surface area contributed by atoms with Crippen LogP contribution in [0.25, 0.3) is 5.69 Å². The number of hydrogen-bond acceptors (Lipinski definition) is 4. The highest BCUT2D eigenvalue weighted by atomic mass is 19.4. The molecular weight excluding hydrogens is 361 g/mol. The van der Waals surface area contributed by atoms with Gasteiger partial charge >= 0.3 is 6.18 Å². The molecule has 1 unspecified atom stereocenters. The summed E-state index contributed by atoms with van der Waals surface area (Å²) in [5.41, 5.74) is -1.90. The lowest BCUT2D eigenvalue weighted by molar-refractivity contribution is -0.137. The largest absolute Gasteiger partial charge is 0.418 e. The molecule has 0 saturated carbocycles. The minimum Gasteiger partial charge on any atom is -0.334 e. The number of rotatable bonds is 2. The molecule has 0 spiro atoms. The number of nitrogens with one attached hydrogen (secondary N) is 1. The first kappa shape index (κ1) is 19.1. The maximum atomic E-state index is 13.4. The number of halogens is 3. The predicted octanol–water partition coefficient (Wildman–Crippen LogP) is 1.99. The van der Waals surface area contributed by atoms with Gasteiger partial charge in [0, 0.05) is 37.4 Å². The Labute approximate surface area is 153 Å². The molecule has 0 radical (unpaired) electrons. The molecule has 1 aliphatic rings. The summed E-state index contributed by atoms with van der Waals surface area (Å²) in [6.45, 7) is 4.75. The summed E-state index contributed by atoms with van der Waals surface area (Å²) < 4.78 is 41.1. The lowest BCUT2D eigenvalue weighted by atomic mass is 10.1. The molecule has 1 amide bonds. The highest BCUT2D eigenvalue weighted by Gasteiger charge is 2.34. The number of amides is 1. The van der Waals surface area contributed by atoms with Gasteiger partial charge in [0.1, 0.15) is 0 Å². The van der Waals surface area contributed by atoms with Gasteiger partial charge in [0.2, 0.25) is 5.43 Å². The molecule has 9 heteroatoms. The highest BCUT2D eigenvalue weighted by molar-refractivity contribution is 5.92. The number of carbonyl (C=O) groups excluding carboxylic acids is 1. The van der Waals surface area contributed by atoms with Crippen LogP contribution in [0.4, 0.5) is 13.2 Å². The first-order valence-corrected chi connectivity index (χ1v) is 8.48. The van der Waals surface area contributed by atoms with Crippen LogP contribution in [0.2, 0.25) is 0 Å². The second kappa shape index (κ2) is 7.15. The number of para-hydroxylation sites is 1. The zero-order chi connectivity index (χ0) is 19.8. The van der Waals surface area contributed by atoms with Crippen molar-refractivity contribution in [1.82, 2.24) is 20.0 Å². The second-order valence-corrected chi connectivity index (χ2v) is 6.53. The maximum Gasteiger partial charge on any atom is 0.418 e. The number of piperazine rings is 1. The molecule has 144 valence electrons. The van der Waals surface area contributed by atoms with Gasteiger partial charge in [0.05, 0.1) is 11.3 Å². The summed E-state index contributed by atoms with van der Waals surface area (Å²) in [6, 6.07) is 6.12. The monoisotopic (exact) mass is 380 g/mol. The summed E-state index contributed by atoms with van der Waals surface area (Å²) >= 11 is 0. The van der Waals surface area contributed by atoms with Gasteiger partial charge in [-0.3, -0.25) is 9.59 Å². The zero-order valence-electron chi connectivity index (χ0n) is 14.9. The van der Waals surface area contributed by atoms with E-state index >= 15 is 0 Å². The molecule has 1 saturated heterocycles. The Bertz CT molecular complexity index is 924. The smallest absolute Gasteiger partial charge is 0.334 e. The zero-order valence-corrected chi connectivity index (χ0v) is 14.9. The van der Waals surface area contributed by atoms with E-state index in [2.05, 4.69) is 10.4 Å². The summed E-state index contributed by atoms with van der Waals surface area (Å²) in [4.78, 5) is 26.5. The van der Waals surface area contributed by atoms with Crippen LogP contribution >= 0.6 is 0 Å². The van der Waals surface area contributed by atoms with Crippen LogP contribution in [0.5, 0.6) is 0 Å². The summed E-state index contributed by atoms with van der Waals surface area (Å²) in [5.74, 6) is -0.577. The van der Waals surface area contributed by atoms with E-state index in [0.29, 0.717) is 19.6 Å². The lowest BCUT2D eigenvalue weighted by Crippen LogP contribution is -2.52. The first-order chi connectivity index (χ1) is 12.7. The number of hydrogen-bond donors (Lipinski definition) is 1. The van der Waals surface area contributed by atoms with Crippen molar-refractivity contribution in [3.63, 3.8) is 0 Å². The van der Waals surface area contributed by atoms with Gasteiger partial charge in [-0.25, -0.2) is 4.68 Å². The third kappa shape index (κ3) is 3.87. The lowest BCUT2D eigenvalue weighted by Gasteiger charge is -2.31. The molecule has 2 aromatic rings. The molecule has 1 N–H and O–H groups in total. The van der Waals surface area contributed by atoms with Crippen molar-refractivity contribution in [1.29, 1.82) is 0 Å². The second-order valence-electron chi connectivity index (χ2n) is 6.53. The van der Waals surface area contributed by atoms with Crippen molar-refractivity contribution in [3.05, 3.63) is 57.5 Å². The Kier molecular flexibility index (Phi) is 5.05. The fourth-order valence-electron chi connectivity index (χ4n) is 3.10. The van der Waals surface area contributed by atoms with Crippen LogP contribution < -0.4 is 10.7 Å². The fraction of sp³-hybridized carbons (Fsp3) is 0.389. The molecule has 1 fully saturated rings. The van der Waals surface area contributed by atoms with Gasteiger partial charge in [-0.1, -0.05) is 12.1 Å². The SMILES string of the molecule is Cc1cc(=O)c(C(=O)N2CCNC(C)C2)nn1-c1ccccc1C(F)(F)F. The van der Waals surface area contributed by atoms with E-state index in [1.165, 1.54) is 30.0 Å². The van der Waals surface area contributed by atoms with Crippen LogP contribution in [0.3, 0.4) is 0 Å². The fourth-order valence-corrected chi connectivity index (χ4v) is 3.10. The molecule has 6 nitrogen and oxygen atoms in total. The van der Waals surface area contributed by atoms with E-state index < -0.39 is 23.1 Å². The van der Waals surface area contributed by atoms with Crippen LogP contribution in [-0.4, -0.2) is 46.3 Å². The van der Waals surface area contributed by atoms with Gasteiger partial charge in [0.25, 0.3) is 5.91 Å². The van der Waals surface area contributed by atoms with Crippen molar-refractivity contribution < 1.29 is 18.0 Å². The Morgan fingerprint density at radius 1 is 1.30 bits per heavy atom. The van der Waals surface area contributed by atoms with Gasteiger partial charge in [-0.2, -0.15) is 18.3 Å². The molecule has 2 heterocycles. The van der Waals surface area contributed by atoms with E-state index in [1.54, 1.807) is 0 Å². The highest BCUT2D eigenvalue weighted by Crippen LogP contribution is 2.33. The van der Waals surface area contributed by atoms with Crippen molar-refractivity contribution in [3.8, 4) is 5.69 Å². The summed E-state index contributed by atoms with van der Waals surface area (Å²) in [7, 11) is 0. The van der Waals surface area contributed by atoms with Gasteiger partial charge in [-0.15, -0.1) is 0 Å². The Morgan fingerprint density at radius 2 is 2.00 bits per heavy atom. The normalized spacial score (nSPS) is 17.8. The number of benzene rings is 1. The molecule has 1 aromatic carbocycles. The van der Waals surface area contributed by atoms with Gasteiger partial charge < -0.3 is 10.2 Å². The van der Waals surface area contributed by atoms with E-state index in [9.17, 15) is 22.8 Å². The van der Waals surface area contributed by atoms with Crippen molar-refractivity contribution >= 4 is 5.91 Å². The molecular formula is C18H19F3N4O2. The van der Waals surface area contributed by atoms with Gasteiger partial charge in [0.15, 0.2) is 5.69 Å². The van der Waals surface area contributed by atoms with Crippen LogP contribution in [0, 0.1) is 6.92 Å². The standard InChI is InChI=1S/C18H19F3N4O2/c1-11-10-24(8-7-22-11)17(27)16-15(26)9-12(2)25(23-16)14-6-4-3-5-13(14)18(19,20)21/h3-6,9,11,22H,7-8,10H2,1-2H3. The average molecular weight is 380 g/mol. The van der Waals surface area contributed by atoms with Crippen molar-refractivity contribution in [2.75, 3.05) is 19.6 Å². The Hall–Kier alpha value is -2.68. The minimum absolute atomic E-state index is 0.0568. The Balaban J connectivity index is 2.09. The van der Waals surface area contributed by atoms with Crippen LogP contribution in [0.15, 0.2) is 35.1 Å². The van der Waals surface area contributed by atoms with Crippen molar-refractivity contribution in [2.45, 2.75) is 26.1 Å². The molecule has 0 aliphatic carbocycles. The quantitative estimate of drug-likeness (QED) is 0.865. The van der Waals surface area contributed by atoms with E-state index in [-0.39, 0.29) is 23.1 Å². The molecule has 3 rings (SSSR count). The predicted molar refractivity (Wildman–Crippen MR) is 92.9 cm³/mol. The van der Waals surface area contributed by atoms with Crippen LogP contribution in [0.1, 0.15) is 28.7 Å². The number of aryl methyl sites for hydroxylation is 1. The van der Waals surface area contributed by atoms with E-state index in [4.69, 9.17) is 0 Å². The van der Waals surface area contributed by atoms with Gasteiger partial charge in [-0.05, 0) is 26.0 Å². The first-order valence-electron chi connectivity index (χ1n) is 8.48. The summed E-state index contributed by atoms with van der Waals surface area (Å²) in [5, 5.41) is 7.19. The third-order valence-corrected chi connectivity index (χ3v) is 4.40. The molecule has 0 bridgehead atoms. The maximum absolute atomic E-state index is 13.4. The third-order valence-electron chi connectivity index (χ3n) is 4.40. The Morgan fingerprint density at radius 3 is 2.67 bits per heavy atom. The van der Waals surface area contributed by atoms with E-state index in [1.807, 2.05) is 6.92 Å². The van der Waals surface area contributed by atoms with E-state index in [0.717, 1.165) is 16.8 Å². The molecule has 1 aliphatic heterocycles. The van der Waals surface area contributed by atoms with Crippen LogP contribution in [-0.2, 0) is 6.18 Å². The minimum atomic E-state index is -4.59.